The first-order valence-electron chi connectivity index (χ1n) is 5.30. The molecule has 1 aliphatic heterocycles. The van der Waals surface area contributed by atoms with Crippen LogP contribution in [0.3, 0.4) is 0 Å². The van der Waals surface area contributed by atoms with Crippen LogP contribution < -0.4 is 0 Å². The van der Waals surface area contributed by atoms with Crippen molar-refractivity contribution in [2.24, 2.45) is 5.92 Å². The fourth-order valence-corrected chi connectivity index (χ4v) is 2.55. The minimum Gasteiger partial charge on any atom is -0.368 e. The largest absolute Gasteiger partial charge is 0.368 e. The van der Waals surface area contributed by atoms with Crippen molar-refractivity contribution in [1.82, 2.24) is 4.90 Å². The van der Waals surface area contributed by atoms with Crippen molar-refractivity contribution in [3.8, 4) is 0 Å². The number of carbonyl (C=O) groups excluding carboxylic acids is 1. The number of fused-ring (bicyclic) bond motifs is 1. The number of rotatable bonds is 2. The van der Waals surface area contributed by atoms with Crippen molar-refractivity contribution in [3.63, 3.8) is 0 Å². The molecule has 1 fully saturated rings. The van der Waals surface area contributed by atoms with Crippen LogP contribution in [0.5, 0.6) is 0 Å². The summed E-state index contributed by atoms with van der Waals surface area (Å²) in [5.41, 5.74) is 1.46. The molecule has 0 bridgehead atoms. The summed E-state index contributed by atoms with van der Waals surface area (Å²) < 4.78 is 0. The first kappa shape index (κ1) is 8.79. The zero-order valence-corrected chi connectivity index (χ0v) is 8.04. The van der Waals surface area contributed by atoms with Gasteiger partial charge in [0.15, 0.2) is 0 Å². The standard InChI is InChI=1S/C11H17NO/c13-9-8-12-7-3-5-10-4-1-2-6-11(10)12/h6,9-10H,1-5,7-8H2/t10-/m0/s1. The van der Waals surface area contributed by atoms with Gasteiger partial charge in [0.25, 0.3) is 0 Å². The molecule has 2 rings (SSSR count). The Hall–Kier alpha value is -0.790. The molecule has 2 heteroatoms. The minimum absolute atomic E-state index is 0.600. The van der Waals surface area contributed by atoms with Crippen molar-refractivity contribution in [1.29, 1.82) is 0 Å². The van der Waals surface area contributed by atoms with Gasteiger partial charge < -0.3 is 9.69 Å². The molecule has 0 aromatic rings. The molecule has 0 N–H and O–H groups in total. The first-order chi connectivity index (χ1) is 6.42. The summed E-state index contributed by atoms with van der Waals surface area (Å²) >= 11 is 0. The second-order valence-corrected chi connectivity index (χ2v) is 4.01. The van der Waals surface area contributed by atoms with E-state index in [1.165, 1.54) is 37.8 Å². The highest BCUT2D eigenvalue weighted by molar-refractivity contribution is 5.52. The molecular weight excluding hydrogens is 162 g/mol. The van der Waals surface area contributed by atoms with Crippen molar-refractivity contribution in [2.75, 3.05) is 13.1 Å². The minimum atomic E-state index is 0.600. The lowest BCUT2D eigenvalue weighted by Crippen LogP contribution is -2.35. The van der Waals surface area contributed by atoms with Crippen molar-refractivity contribution < 1.29 is 4.79 Å². The van der Waals surface area contributed by atoms with E-state index >= 15 is 0 Å². The molecule has 72 valence electrons. The van der Waals surface area contributed by atoms with Crippen LogP contribution in [-0.4, -0.2) is 24.3 Å². The molecule has 1 aliphatic carbocycles. The molecule has 2 aliphatic rings. The lowest BCUT2D eigenvalue weighted by Gasteiger charge is -2.38. The summed E-state index contributed by atoms with van der Waals surface area (Å²) in [7, 11) is 0. The summed E-state index contributed by atoms with van der Waals surface area (Å²) in [5, 5.41) is 0. The van der Waals surface area contributed by atoms with Gasteiger partial charge >= 0.3 is 0 Å². The van der Waals surface area contributed by atoms with Crippen molar-refractivity contribution in [3.05, 3.63) is 11.8 Å². The van der Waals surface area contributed by atoms with Crippen LogP contribution in [0.1, 0.15) is 32.1 Å². The Labute approximate surface area is 79.6 Å². The predicted octanol–water partition coefficient (Wildman–Crippen LogP) is 1.97. The second kappa shape index (κ2) is 3.95. The maximum atomic E-state index is 10.5. The maximum absolute atomic E-state index is 10.5. The number of nitrogens with zero attached hydrogens (tertiary/aromatic N) is 1. The van der Waals surface area contributed by atoms with Crippen LogP contribution in [-0.2, 0) is 4.79 Å². The quantitative estimate of drug-likeness (QED) is 0.604. The maximum Gasteiger partial charge on any atom is 0.139 e. The molecular formula is C11H17NO. The average molecular weight is 179 g/mol. The molecule has 0 unspecified atom stereocenters. The van der Waals surface area contributed by atoms with Gasteiger partial charge in [-0.2, -0.15) is 0 Å². The molecule has 0 spiro atoms. The van der Waals surface area contributed by atoms with Crippen LogP contribution in [0.4, 0.5) is 0 Å². The zero-order chi connectivity index (χ0) is 9.10. The van der Waals surface area contributed by atoms with E-state index in [2.05, 4.69) is 11.0 Å². The van der Waals surface area contributed by atoms with Crippen LogP contribution in [0.15, 0.2) is 11.8 Å². The van der Waals surface area contributed by atoms with E-state index in [0.29, 0.717) is 6.54 Å². The SMILES string of the molecule is O=CCN1CCC[C@@H]2CCCC=C21. The second-order valence-electron chi connectivity index (χ2n) is 4.01. The van der Waals surface area contributed by atoms with Gasteiger partial charge in [-0.15, -0.1) is 0 Å². The van der Waals surface area contributed by atoms with Gasteiger partial charge in [-0.3, -0.25) is 0 Å². The van der Waals surface area contributed by atoms with Gasteiger partial charge in [0, 0.05) is 12.2 Å². The summed E-state index contributed by atoms with van der Waals surface area (Å²) in [6.07, 6.45) is 9.84. The number of hydrogen-bond acceptors (Lipinski definition) is 2. The van der Waals surface area contributed by atoms with E-state index in [1.54, 1.807) is 0 Å². The van der Waals surface area contributed by atoms with Crippen LogP contribution in [0, 0.1) is 5.92 Å². The monoisotopic (exact) mass is 179 g/mol. The molecule has 1 saturated heterocycles. The van der Waals surface area contributed by atoms with Gasteiger partial charge in [-0.1, -0.05) is 6.08 Å². The first-order valence-corrected chi connectivity index (χ1v) is 5.30. The molecule has 1 heterocycles. The van der Waals surface area contributed by atoms with E-state index in [4.69, 9.17) is 0 Å². The smallest absolute Gasteiger partial charge is 0.139 e. The highest BCUT2D eigenvalue weighted by Gasteiger charge is 2.25. The van der Waals surface area contributed by atoms with Crippen LogP contribution in [0.2, 0.25) is 0 Å². The Morgan fingerprint density at radius 2 is 2.31 bits per heavy atom. The summed E-state index contributed by atoms with van der Waals surface area (Å²) in [5.74, 6) is 0.766. The molecule has 0 saturated carbocycles. The molecule has 0 aromatic heterocycles. The predicted molar refractivity (Wildman–Crippen MR) is 52.3 cm³/mol. The third-order valence-corrected chi connectivity index (χ3v) is 3.17. The van der Waals surface area contributed by atoms with Crippen LogP contribution >= 0.6 is 0 Å². The Morgan fingerprint density at radius 3 is 3.15 bits per heavy atom. The van der Waals surface area contributed by atoms with E-state index in [1.807, 2.05) is 0 Å². The normalized spacial score (nSPS) is 27.8. The van der Waals surface area contributed by atoms with Gasteiger partial charge in [0.05, 0.1) is 6.54 Å². The van der Waals surface area contributed by atoms with E-state index in [-0.39, 0.29) is 0 Å². The molecule has 2 nitrogen and oxygen atoms in total. The lowest BCUT2D eigenvalue weighted by atomic mass is 9.85. The third kappa shape index (κ3) is 1.77. The number of carbonyl (C=O) groups is 1. The van der Waals surface area contributed by atoms with Crippen LogP contribution in [0.25, 0.3) is 0 Å². The third-order valence-electron chi connectivity index (χ3n) is 3.17. The molecule has 0 radical (unpaired) electrons. The van der Waals surface area contributed by atoms with E-state index < -0.39 is 0 Å². The number of piperidine rings is 1. The molecule has 13 heavy (non-hydrogen) atoms. The van der Waals surface area contributed by atoms with Gasteiger partial charge in [-0.05, 0) is 38.0 Å². The fourth-order valence-electron chi connectivity index (χ4n) is 2.55. The summed E-state index contributed by atoms with van der Waals surface area (Å²) in [6.45, 7) is 1.68. The van der Waals surface area contributed by atoms with Gasteiger partial charge in [0.1, 0.15) is 6.29 Å². The van der Waals surface area contributed by atoms with E-state index in [0.717, 1.165) is 18.7 Å². The van der Waals surface area contributed by atoms with Crippen molar-refractivity contribution >= 4 is 6.29 Å². The topological polar surface area (TPSA) is 20.3 Å². The lowest BCUT2D eigenvalue weighted by molar-refractivity contribution is -0.108. The fraction of sp³-hybridized carbons (Fsp3) is 0.727. The number of allylic oxidation sites excluding steroid dienone is 2. The van der Waals surface area contributed by atoms with E-state index in [9.17, 15) is 4.79 Å². The highest BCUT2D eigenvalue weighted by atomic mass is 16.1. The average Bonchev–Trinajstić information content (AvgIpc) is 2.19. The number of likely N-dealkylation sites (tertiary alicyclic amines) is 1. The Morgan fingerprint density at radius 1 is 1.46 bits per heavy atom. The Kier molecular flexibility index (Phi) is 2.67. The number of hydrogen-bond donors (Lipinski definition) is 0. The van der Waals surface area contributed by atoms with Gasteiger partial charge in [0.2, 0.25) is 0 Å². The Bertz CT molecular complexity index is 222. The van der Waals surface area contributed by atoms with Gasteiger partial charge in [-0.25, -0.2) is 0 Å². The molecule has 0 aromatic carbocycles. The molecule has 0 amide bonds. The zero-order valence-electron chi connectivity index (χ0n) is 8.04. The van der Waals surface area contributed by atoms with Crippen molar-refractivity contribution in [2.45, 2.75) is 32.1 Å². The highest BCUT2D eigenvalue weighted by Crippen LogP contribution is 2.34. The Balaban J connectivity index is 2.09. The summed E-state index contributed by atoms with van der Waals surface area (Å²) in [6, 6.07) is 0. The summed E-state index contributed by atoms with van der Waals surface area (Å²) in [4.78, 5) is 12.7. The molecule has 1 atom stereocenters. The number of aldehydes is 1.